The molecule has 1 N–H and O–H groups in total. The second-order valence-electron chi connectivity index (χ2n) is 6.91. The molecule has 0 radical (unpaired) electrons. The van der Waals surface area contributed by atoms with Crippen LogP contribution in [0.15, 0.2) is 72.1 Å². The number of fused-ring (bicyclic) bond motifs is 1. The van der Waals surface area contributed by atoms with Crippen molar-refractivity contribution in [2.45, 2.75) is 20.0 Å². The Hall–Kier alpha value is -3.51. The summed E-state index contributed by atoms with van der Waals surface area (Å²) in [5.41, 5.74) is 2.93. The quantitative estimate of drug-likeness (QED) is 0.442. The maximum absolute atomic E-state index is 12.4. The number of carbonyl (C=O) groups excluding carboxylic acids is 2. The van der Waals surface area contributed by atoms with E-state index in [1.165, 1.54) is 11.3 Å². The molecule has 30 heavy (non-hydrogen) atoms. The van der Waals surface area contributed by atoms with Crippen LogP contribution in [-0.4, -0.2) is 16.9 Å². The van der Waals surface area contributed by atoms with Gasteiger partial charge in [-0.15, -0.1) is 11.3 Å². The number of ether oxygens (including phenoxy) is 1. The molecule has 1 aromatic heterocycles. The van der Waals surface area contributed by atoms with Gasteiger partial charge in [0.2, 0.25) is 5.91 Å². The zero-order valence-corrected chi connectivity index (χ0v) is 17.2. The van der Waals surface area contributed by atoms with Crippen LogP contribution in [0, 0.1) is 6.92 Å². The lowest BCUT2D eigenvalue weighted by molar-refractivity contribution is -0.115. The fourth-order valence-electron chi connectivity index (χ4n) is 3.08. The minimum atomic E-state index is -0.396. The Morgan fingerprint density at radius 1 is 1.00 bits per heavy atom. The normalized spacial score (nSPS) is 10.7. The molecule has 150 valence electrons. The molecule has 0 saturated heterocycles. The van der Waals surface area contributed by atoms with Gasteiger partial charge in [-0.2, -0.15) is 0 Å². The van der Waals surface area contributed by atoms with E-state index in [0.29, 0.717) is 16.3 Å². The van der Waals surface area contributed by atoms with Gasteiger partial charge in [0.15, 0.2) is 0 Å². The van der Waals surface area contributed by atoms with E-state index in [-0.39, 0.29) is 18.9 Å². The van der Waals surface area contributed by atoms with Gasteiger partial charge in [-0.05, 0) is 41.5 Å². The third kappa shape index (κ3) is 4.72. The van der Waals surface area contributed by atoms with E-state index < -0.39 is 5.97 Å². The van der Waals surface area contributed by atoms with Crippen LogP contribution in [0.4, 0.5) is 5.69 Å². The van der Waals surface area contributed by atoms with Crippen LogP contribution in [0.2, 0.25) is 0 Å². The van der Waals surface area contributed by atoms with E-state index in [1.807, 2.05) is 73.0 Å². The average molecular weight is 417 g/mol. The number of rotatable bonds is 6. The number of hydrogen-bond acceptors (Lipinski definition) is 5. The lowest BCUT2D eigenvalue weighted by atomic mass is 10.1. The molecular formula is C24H20N2O3S. The fraction of sp³-hybridized carbons (Fsp3) is 0.125. The summed E-state index contributed by atoms with van der Waals surface area (Å²) in [6.07, 6.45) is 0.178. The van der Waals surface area contributed by atoms with E-state index in [9.17, 15) is 9.59 Å². The molecule has 3 aromatic carbocycles. The summed E-state index contributed by atoms with van der Waals surface area (Å²) < 4.78 is 5.40. The van der Waals surface area contributed by atoms with Crippen molar-refractivity contribution in [1.82, 2.24) is 4.98 Å². The third-order valence-electron chi connectivity index (χ3n) is 4.67. The van der Waals surface area contributed by atoms with Crippen LogP contribution in [0.1, 0.15) is 26.6 Å². The summed E-state index contributed by atoms with van der Waals surface area (Å²) in [6.45, 7) is 2.02. The number of benzene rings is 3. The molecule has 1 amide bonds. The fourth-order valence-corrected chi connectivity index (χ4v) is 3.86. The van der Waals surface area contributed by atoms with Crippen molar-refractivity contribution in [1.29, 1.82) is 0 Å². The molecule has 0 aliphatic rings. The number of nitrogens with zero attached hydrogens (tertiary/aromatic N) is 1. The highest BCUT2D eigenvalue weighted by molar-refractivity contribution is 7.09. The highest BCUT2D eigenvalue weighted by atomic mass is 32.1. The second-order valence-corrected chi connectivity index (χ2v) is 7.85. The first kappa shape index (κ1) is 19.8. The molecule has 0 saturated carbocycles. The molecular weight excluding hydrogens is 396 g/mol. The predicted molar refractivity (Wildman–Crippen MR) is 119 cm³/mol. The molecule has 0 atom stereocenters. The molecule has 0 fully saturated rings. The summed E-state index contributed by atoms with van der Waals surface area (Å²) >= 11 is 1.38. The Morgan fingerprint density at radius 3 is 2.60 bits per heavy atom. The van der Waals surface area contributed by atoms with Gasteiger partial charge in [0.1, 0.15) is 11.6 Å². The Morgan fingerprint density at radius 2 is 1.77 bits per heavy atom. The minimum absolute atomic E-state index is 0.0710. The van der Waals surface area contributed by atoms with Crippen LogP contribution < -0.4 is 5.32 Å². The monoisotopic (exact) mass is 416 g/mol. The number of amides is 1. The highest BCUT2D eigenvalue weighted by Crippen LogP contribution is 2.18. The zero-order chi connectivity index (χ0) is 20.9. The number of hydrogen-bond donors (Lipinski definition) is 1. The van der Waals surface area contributed by atoms with Gasteiger partial charge in [-0.1, -0.05) is 48.5 Å². The maximum atomic E-state index is 12.4. The molecule has 4 aromatic rings. The predicted octanol–water partition coefficient (Wildman–Crippen LogP) is 5.14. The molecule has 1 heterocycles. The van der Waals surface area contributed by atoms with Gasteiger partial charge < -0.3 is 10.1 Å². The first-order valence-electron chi connectivity index (χ1n) is 9.53. The van der Waals surface area contributed by atoms with E-state index >= 15 is 0 Å². The average Bonchev–Trinajstić information content (AvgIpc) is 3.20. The molecule has 5 nitrogen and oxygen atoms in total. The smallest absolute Gasteiger partial charge is 0.338 e. The molecule has 6 heteroatoms. The van der Waals surface area contributed by atoms with Crippen molar-refractivity contribution in [2.75, 3.05) is 5.32 Å². The lowest BCUT2D eigenvalue weighted by Gasteiger charge is -2.06. The van der Waals surface area contributed by atoms with Crippen molar-refractivity contribution in [3.63, 3.8) is 0 Å². The molecule has 4 rings (SSSR count). The number of esters is 1. The summed E-state index contributed by atoms with van der Waals surface area (Å²) in [6, 6.07) is 21.0. The number of carbonyl (C=O) groups is 2. The van der Waals surface area contributed by atoms with Crippen molar-refractivity contribution in [2.24, 2.45) is 0 Å². The number of nitrogens with one attached hydrogen (secondary N) is 1. The first-order chi connectivity index (χ1) is 14.6. The molecule has 0 spiro atoms. The van der Waals surface area contributed by atoms with Crippen molar-refractivity contribution >= 4 is 39.7 Å². The Balaban J connectivity index is 1.33. The first-order valence-corrected chi connectivity index (χ1v) is 10.4. The van der Waals surface area contributed by atoms with Gasteiger partial charge in [-0.3, -0.25) is 4.79 Å². The summed E-state index contributed by atoms with van der Waals surface area (Å²) in [5.74, 6) is -0.522. The molecule has 0 aliphatic carbocycles. The number of aryl methyl sites for hydroxylation is 1. The van der Waals surface area contributed by atoms with Crippen LogP contribution in [0.3, 0.4) is 0 Å². The number of aromatic nitrogens is 1. The Bertz CT molecular complexity index is 1220. The van der Waals surface area contributed by atoms with Crippen LogP contribution in [0.25, 0.3) is 10.8 Å². The largest absolute Gasteiger partial charge is 0.456 e. The summed E-state index contributed by atoms with van der Waals surface area (Å²) in [4.78, 5) is 29.1. The van der Waals surface area contributed by atoms with Gasteiger partial charge in [0, 0.05) is 11.1 Å². The van der Waals surface area contributed by atoms with Gasteiger partial charge in [0.25, 0.3) is 0 Å². The topological polar surface area (TPSA) is 68.3 Å². The van der Waals surface area contributed by atoms with Crippen molar-refractivity contribution in [3.8, 4) is 0 Å². The Kier molecular flexibility index (Phi) is 5.86. The number of thiazole rings is 1. The van der Waals surface area contributed by atoms with E-state index in [1.54, 1.807) is 6.07 Å². The van der Waals surface area contributed by atoms with E-state index in [0.717, 1.165) is 22.0 Å². The van der Waals surface area contributed by atoms with Crippen LogP contribution in [-0.2, 0) is 22.6 Å². The zero-order valence-electron chi connectivity index (χ0n) is 16.4. The van der Waals surface area contributed by atoms with Crippen molar-refractivity contribution < 1.29 is 14.3 Å². The number of anilines is 1. The van der Waals surface area contributed by atoms with Gasteiger partial charge >= 0.3 is 5.97 Å². The molecule has 0 unspecified atom stereocenters. The second kappa shape index (κ2) is 8.88. The molecule has 0 aliphatic heterocycles. The molecule has 0 bridgehead atoms. The van der Waals surface area contributed by atoms with Crippen LogP contribution >= 0.6 is 11.3 Å². The van der Waals surface area contributed by atoms with E-state index in [4.69, 9.17) is 4.74 Å². The standard InChI is InChI=1S/C24H20N2O3S/c1-16-6-2-5-9-21(16)26-22(27)13-23-25-20(15-30-23)14-29-24(28)19-11-10-17-7-3-4-8-18(17)12-19/h2-12,15H,13-14H2,1H3,(H,26,27). The maximum Gasteiger partial charge on any atom is 0.338 e. The summed E-state index contributed by atoms with van der Waals surface area (Å²) in [5, 5.41) is 7.44. The van der Waals surface area contributed by atoms with Gasteiger partial charge in [0.05, 0.1) is 17.7 Å². The third-order valence-corrected chi connectivity index (χ3v) is 5.56. The van der Waals surface area contributed by atoms with Crippen molar-refractivity contribution in [3.05, 3.63) is 93.9 Å². The Labute approximate surface area is 178 Å². The summed E-state index contributed by atoms with van der Waals surface area (Å²) in [7, 11) is 0. The number of para-hydroxylation sites is 1. The van der Waals surface area contributed by atoms with Gasteiger partial charge in [-0.25, -0.2) is 9.78 Å². The minimum Gasteiger partial charge on any atom is -0.456 e. The van der Waals surface area contributed by atoms with Crippen LogP contribution in [0.5, 0.6) is 0 Å². The lowest BCUT2D eigenvalue weighted by Crippen LogP contribution is -2.15. The highest BCUT2D eigenvalue weighted by Gasteiger charge is 2.12. The SMILES string of the molecule is Cc1ccccc1NC(=O)Cc1nc(COC(=O)c2ccc3ccccc3c2)cs1. The van der Waals surface area contributed by atoms with E-state index in [2.05, 4.69) is 10.3 Å².